The van der Waals surface area contributed by atoms with E-state index in [4.69, 9.17) is 22.1 Å². The van der Waals surface area contributed by atoms with Crippen molar-refractivity contribution >= 4 is 23.2 Å². The van der Waals surface area contributed by atoms with Gasteiger partial charge in [-0.2, -0.15) is 0 Å². The molecule has 0 aromatic heterocycles. The van der Waals surface area contributed by atoms with Crippen LogP contribution in [0.15, 0.2) is 48.5 Å². The van der Waals surface area contributed by atoms with Gasteiger partial charge in [0, 0.05) is 17.3 Å². The van der Waals surface area contributed by atoms with E-state index in [1.165, 1.54) is 0 Å². The van der Waals surface area contributed by atoms with Crippen molar-refractivity contribution in [1.82, 2.24) is 0 Å². The van der Waals surface area contributed by atoms with E-state index in [9.17, 15) is 4.79 Å². The van der Waals surface area contributed by atoms with Crippen molar-refractivity contribution in [2.75, 3.05) is 11.9 Å². The van der Waals surface area contributed by atoms with E-state index >= 15 is 0 Å². The van der Waals surface area contributed by atoms with Gasteiger partial charge in [0.05, 0.1) is 0 Å². The summed E-state index contributed by atoms with van der Waals surface area (Å²) in [5.74, 6) is 0.378. The Morgan fingerprint density at radius 3 is 2.35 bits per heavy atom. The van der Waals surface area contributed by atoms with Gasteiger partial charge in [-0.05, 0) is 42.0 Å². The molecule has 20 heavy (non-hydrogen) atoms. The highest BCUT2D eigenvalue weighted by molar-refractivity contribution is 6.30. The van der Waals surface area contributed by atoms with Crippen LogP contribution in [0.2, 0.25) is 5.02 Å². The van der Waals surface area contributed by atoms with Crippen LogP contribution in [-0.2, 0) is 11.3 Å². The summed E-state index contributed by atoms with van der Waals surface area (Å²) in [4.78, 5) is 11.7. The maximum atomic E-state index is 11.7. The maximum absolute atomic E-state index is 11.7. The second-order valence-electron chi connectivity index (χ2n) is 4.19. The van der Waals surface area contributed by atoms with E-state index in [0.717, 1.165) is 5.56 Å². The fourth-order valence-corrected chi connectivity index (χ4v) is 1.73. The molecule has 0 saturated heterocycles. The minimum atomic E-state index is -0.222. The molecular weight excluding hydrogens is 276 g/mol. The van der Waals surface area contributed by atoms with Crippen LogP contribution in [0.5, 0.6) is 5.75 Å². The lowest BCUT2D eigenvalue weighted by Gasteiger charge is -2.08. The van der Waals surface area contributed by atoms with Gasteiger partial charge < -0.3 is 15.8 Å². The van der Waals surface area contributed by atoms with Crippen molar-refractivity contribution in [3.05, 3.63) is 59.1 Å². The Morgan fingerprint density at radius 1 is 1.10 bits per heavy atom. The second kappa shape index (κ2) is 6.93. The number of rotatable bonds is 5. The minimum absolute atomic E-state index is 0.0553. The van der Waals surface area contributed by atoms with Crippen LogP contribution < -0.4 is 15.8 Å². The Balaban J connectivity index is 1.84. The monoisotopic (exact) mass is 290 g/mol. The first-order valence-electron chi connectivity index (χ1n) is 6.14. The molecule has 2 rings (SSSR count). The third kappa shape index (κ3) is 4.26. The molecule has 3 N–H and O–H groups in total. The number of benzene rings is 2. The van der Waals surface area contributed by atoms with Crippen LogP contribution in [0.4, 0.5) is 5.69 Å². The predicted octanol–water partition coefficient (Wildman–Crippen LogP) is 2.82. The van der Waals surface area contributed by atoms with E-state index in [1.807, 2.05) is 24.3 Å². The summed E-state index contributed by atoms with van der Waals surface area (Å²) in [6.07, 6.45) is 0. The molecule has 0 spiro atoms. The van der Waals surface area contributed by atoms with Gasteiger partial charge in [-0.3, -0.25) is 4.79 Å². The summed E-state index contributed by atoms with van der Waals surface area (Å²) in [5, 5.41) is 3.37. The molecule has 2 aromatic carbocycles. The van der Waals surface area contributed by atoms with Crippen LogP contribution >= 0.6 is 11.6 Å². The zero-order chi connectivity index (χ0) is 14.4. The molecule has 0 aliphatic rings. The van der Waals surface area contributed by atoms with Crippen LogP contribution in [0.1, 0.15) is 5.56 Å². The number of nitrogens with two attached hydrogens (primary N) is 1. The molecule has 0 bridgehead atoms. The molecule has 0 heterocycles. The van der Waals surface area contributed by atoms with Gasteiger partial charge in [0.1, 0.15) is 5.75 Å². The maximum Gasteiger partial charge on any atom is 0.262 e. The average molecular weight is 291 g/mol. The first kappa shape index (κ1) is 14.4. The van der Waals surface area contributed by atoms with Gasteiger partial charge in [0.25, 0.3) is 5.91 Å². The van der Waals surface area contributed by atoms with Crippen molar-refractivity contribution in [1.29, 1.82) is 0 Å². The SMILES string of the molecule is NCc1ccc(NC(=O)COc2ccc(Cl)cc2)cc1. The van der Waals surface area contributed by atoms with Crippen LogP contribution in [0, 0.1) is 0 Å². The van der Waals surface area contributed by atoms with Crippen molar-refractivity contribution in [2.24, 2.45) is 5.73 Å². The molecule has 5 heteroatoms. The Labute approximate surface area is 122 Å². The quantitative estimate of drug-likeness (QED) is 0.890. The summed E-state index contributed by atoms with van der Waals surface area (Å²) in [5.41, 5.74) is 7.24. The Hall–Kier alpha value is -2.04. The molecule has 0 atom stereocenters. The molecule has 0 radical (unpaired) electrons. The molecule has 0 unspecified atom stereocenters. The van der Waals surface area contributed by atoms with Crippen molar-refractivity contribution < 1.29 is 9.53 Å². The Morgan fingerprint density at radius 2 is 1.75 bits per heavy atom. The molecule has 1 amide bonds. The lowest BCUT2D eigenvalue weighted by Crippen LogP contribution is -2.20. The normalized spacial score (nSPS) is 10.1. The number of amides is 1. The number of halogens is 1. The largest absolute Gasteiger partial charge is 0.484 e. The number of anilines is 1. The van der Waals surface area contributed by atoms with Gasteiger partial charge in [0.15, 0.2) is 6.61 Å². The van der Waals surface area contributed by atoms with Gasteiger partial charge in [0.2, 0.25) is 0 Å². The first-order chi connectivity index (χ1) is 9.67. The summed E-state index contributed by atoms with van der Waals surface area (Å²) in [6.45, 7) is 0.425. The molecule has 0 aliphatic heterocycles. The number of carbonyl (C=O) groups is 1. The number of hydrogen-bond acceptors (Lipinski definition) is 3. The lowest BCUT2D eigenvalue weighted by atomic mass is 10.2. The summed E-state index contributed by atoms with van der Waals surface area (Å²) >= 11 is 5.76. The van der Waals surface area contributed by atoms with Crippen LogP contribution in [-0.4, -0.2) is 12.5 Å². The highest BCUT2D eigenvalue weighted by atomic mass is 35.5. The third-order valence-corrected chi connectivity index (χ3v) is 2.91. The van der Waals surface area contributed by atoms with E-state index in [0.29, 0.717) is 23.0 Å². The van der Waals surface area contributed by atoms with Crippen LogP contribution in [0.25, 0.3) is 0 Å². The smallest absolute Gasteiger partial charge is 0.262 e. The molecule has 0 aliphatic carbocycles. The van der Waals surface area contributed by atoms with Gasteiger partial charge >= 0.3 is 0 Å². The van der Waals surface area contributed by atoms with Crippen LogP contribution in [0.3, 0.4) is 0 Å². The first-order valence-corrected chi connectivity index (χ1v) is 6.52. The average Bonchev–Trinajstić information content (AvgIpc) is 2.47. The second-order valence-corrected chi connectivity index (χ2v) is 4.63. The number of nitrogens with one attached hydrogen (secondary N) is 1. The molecule has 2 aromatic rings. The molecule has 0 saturated carbocycles. The summed E-state index contributed by atoms with van der Waals surface area (Å²) < 4.78 is 5.35. The van der Waals surface area contributed by atoms with Gasteiger partial charge in [-0.15, -0.1) is 0 Å². The zero-order valence-electron chi connectivity index (χ0n) is 10.8. The van der Waals surface area contributed by atoms with Crippen molar-refractivity contribution in [2.45, 2.75) is 6.54 Å². The number of hydrogen-bond donors (Lipinski definition) is 2. The molecule has 0 fully saturated rings. The Kier molecular flexibility index (Phi) is 4.98. The molecule has 104 valence electrons. The summed E-state index contributed by atoms with van der Waals surface area (Å²) in [6, 6.07) is 14.2. The number of ether oxygens (including phenoxy) is 1. The lowest BCUT2D eigenvalue weighted by molar-refractivity contribution is -0.118. The van der Waals surface area contributed by atoms with Crippen molar-refractivity contribution in [3.63, 3.8) is 0 Å². The van der Waals surface area contributed by atoms with Gasteiger partial charge in [-0.1, -0.05) is 23.7 Å². The van der Waals surface area contributed by atoms with E-state index in [1.54, 1.807) is 24.3 Å². The highest BCUT2D eigenvalue weighted by Crippen LogP contribution is 2.15. The Bertz CT molecular complexity index is 567. The highest BCUT2D eigenvalue weighted by Gasteiger charge is 2.03. The fourth-order valence-electron chi connectivity index (χ4n) is 1.60. The van der Waals surface area contributed by atoms with E-state index in [2.05, 4.69) is 5.32 Å². The predicted molar refractivity (Wildman–Crippen MR) is 79.9 cm³/mol. The zero-order valence-corrected chi connectivity index (χ0v) is 11.6. The molecular formula is C15H15ClN2O2. The third-order valence-electron chi connectivity index (χ3n) is 2.66. The van der Waals surface area contributed by atoms with Gasteiger partial charge in [-0.25, -0.2) is 0 Å². The standard InChI is InChI=1S/C15H15ClN2O2/c16-12-3-7-14(8-4-12)20-10-15(19)18-13-5-1-11(9-17)2-6-13/h1-8H,9-10,17H2,(H,18,19). The van der Waals surface area contributed by atoms with Crippen molar-refractivity contribution in [3.8, 4) is 5.75 Å². The van der Waals surface area contributed by atoms with E-state index in [-0.39, 0.29) is 12.5 Å². The summed E-state index contributed by atoms with van der Waals surface area (Å²) in [7, 11) is 0. The fraction of sp³-hybridized carbons (Fsp3) is 0.133. The topological polar surface area (TPSA) is 64.3 Å². The molecule has 4 nitrogen and oxygen atoms in total. The number of carbonyl (C=O) groups excluding carboxylic acids is 1. The van der Waals surface area contributed by atoms with E-state index < -0.39 is 0 Å². The minimum Gasteiger partial charge on any atom is -0.484 e.